The molecule has 4 nitrogen and oxygen atoms in total. The van der Waals surface area contributed by atoms with Gasteiger partial charge in [0.1, 0.15) is 0 Å². The summed E-state index contributed by atoms with van der Waals surface area (Å²) < 4.78 is 29.8. The van der Waals surface area contributed by atoms with Crippen molar-refractivity contribution in [3.8, 4) is 0 Å². The molecule has 1 N–H and O–H groups in total. The molecule has 0 saturated heterocycles. The van der Waals surface area contributed by atoms with Gasteiger partial charge in [0, 0.05) is 19.6 Å². The van der Waals surface area contributed by atoms with E-state index in [2.05, 4.69) is 5.32 Å². The number of fused-ring (bicyclic) bond motifs is 1. The Balaban J connectivity index is 2.48. The number of anilines is 1. The van der Waals surface area contributed by atoms with Gasteiger partial charge in [0.15, 0.2) is 5.44 Å². The van der Waals surface area contributed by atoms with E-state index < -0.39 is 15.3 Å². The molecule has 16 heavy (non-hydrogen) atoms. The highest BCUT2D eigenvalue weighted by Crippen LogP contribution is 2.29. The first-order chi connectivity index (χ1) is 7.66. The lowest BCUT2D eigenvalue weighted by molar-refractivity contribution is 0.114. The summed E-state index contributed by atoms with van der Waals surface area (Å²) in [5.74, 6) is 0. The molecule has 2 rings (SSSR count). The molecule has 5 heteroatoms. The van der Waals surface area contributed by atoms with Crippen LogP contribution in [0.1, 0.15) is 13.3 Å². The van der Waals surface area contributed by atoms with E-state index >= 15 is 0 Å². The van der Waals surface area contributed by atoms with Crippen molar-refractivity contribution in [2.45, 2.75) is 23.7 Å². The highest BCUT2D eigenvalue weighted by Gasteiger charge is 2.31. The van der Waals surface area contributed by atoms with Gasteiger partial charge in [-0.05, 0) is 19.1 Å². The van der Waals surface area contributed by atoms with Gasteiger partial charge in [-0.1, -0.05) is 12.1 Å². The van der Waals surface area contributed by atoms with Crippen molar-refractivity contribution in [1.29, 1.82) is 0 Å². The fraction of sp³-hybridized carbons (Fsp3) is 0.455. The van der Waals surface area contributed by atoms with Gasteiger partial charge in [0.05, 0.1) is 10.6 Å². The number of hydrogen-bond acceptors (Lipinski definition) is 4. The first kappa shape index (κ1) is 11.4. The van der Waals surface area contributed by atoms with Crippen LogP contribution in [0.25, 0.3) is 0 Å². The van der Waals surface area contributed by atoms with Gasteiger partial charge in [0.2, 0.25) is 9.84 Å². The van der Waals surface area contributed by atoms with Crippen LogP contribution in [0.15, 0.2) is 29.2 Å². The second kappa shape index (κ2) is 4.43. The summed E-state index contributed by atoms with van der Waals surface area (Å²) >= 11 is 0. The summed E-state index contributed by atoms with van der Waals surface area (Å²) in [7, 11) is -3.37. The van der Waals surface area contributed by atoms with Crippen molar-refractivity contribution in [2.75, 3.05) is 18.5 Å². The van der Waals surface area contributed by atoms with E-state index in [0.29, 0.717) is 30.2 Å². The Hall–Kier alpha value is -1.07. The molecular formula is C11H15NO3S. The number of hydrogen-bond donors (Lipinski definition) is 1. The van der Waals surface area contributed by atoms with Crippen molar-refractivity contribution in [1.82, 2.24) is 0 Å². The Morgan fingerprint density at radius 1 is 1.44 bits per heavy atom. The Morgan fingerprint density at radius 3 is 2.94 bits per heavy atom. The maximum absolute atomic E-state index is 12.2. The third-order valence-electron chi connectivity index (χ3n) is 2.59. The average molecular weight is 241 g/mol. The lowest BCUT2D eigenvalue weighted by Crippen LogP contribution is -2.24. The minimum absolute atomic E-state index is 0.339. The van der Waals surface area contributed by atoms with Crippen molar-refractivity contribution in [3.63, 3.8) is 0 Å². The molecule has 1 unspecified atom stereocenters. The molecule has 0 radical (unpaired) electrons. The summed E-state index contributed by atoms with van der Waals surface area (Å²) in [6.45, 7) is 2.83. The van der Waals surface area contributed by atoms with Crippen LogP contribution < -0.4 is 5.32 Å². The second-order valence-electron chi connectivity index (χ2n) is 3.64. The molecule has 1 aromatic rings. The van der Waals surface area contributed by atoms with Gasteiger partial charge in [-0.3, -0.25) is 0 Å². The summed E-state index contributed by atoms with van der Waals surface area (Å²) in [6, 6.07) is 6.95. The first-order valence-electron chi connectivity index (χ1n) is 5.34. The summed E-state index contributed by atoms with van der Waals surface area (Å²) in [5, 5.41) is 3.11. The normalized spacial score (nSPS) is 22.9. The quantitative estimate of drug-likeness (QED) is 0.855. The highest BCUT2D eigenvalue weighted by molar-refractivity contribution is 7.92. The monoisotopic (exact) mass is 241 g/mol. The molecule has 1 aromatic carbocycles. The largest absolute Gasteiger partial charge is 0.384 e. The predicted octanol–water partition coefficient (Wildman–Crippen LogP) is 1.64. The zero-order chi connectivity index (χ0) is 11.6. The molecule has 0 spiro atoms. The lowest BCUT2D eigenvalue weighted by Gasteiger charge is -2.14. The fourth-order valence-electron chi connectivity index (χ4n) is 1.84. The lowest BCUT2D eigenvalue weighted by atomic mass is 10.3. The minimum atomic E-state index is -3.37. The molecule has 1 aliphatic rings. The maximum Gasteiger partial charge on any atom is 0.207 e. The highest BCUT2D eigenvalue weighted by atomic mass is 32.2. The molecule has 1 aliphatic heterocycles. The Kier molecular flexibility index (Phi) is 3.16. The Morgan fingerprint density at radius 2 is 2.19 bits per heavy atom. The van der Waals surface area contributed by atoms with Gasteiger partial charge in [-0.15, -0.1) is 0 Å². The predicted molar refractivity (Wildman–Crippen MR) is 62.1 cm³/mol. The van der Waals surface area contributed by atoms with Crippen LogP contribution in [-0.4, -0.2) is 27.0 Å². The van der Waals surface area contributed by atoms with Crippen molar-refractivity contribution >= 4 is 15.5 Å². The summed E-state index contributed by atoms with van der Waals surface area (Å²) in [6.07, 6.45) is 0.477. The molecule has 88 valence electrons. The SMILES string of the molecule is CCOC1CCNc2ccccc2S1(=O)=O. The number of para-hydroxylation sites is 1. The third-order valence-corrected chi connectivity index (χ3v) is 4.62. The second-order valence-corrected chi connectivity index (χ2v) is 5.70. The maximum atomic E-state index is 12.2. The summed E-state index contributed by atoms with van der Waals surface area (Å²) in [4.78, 5) is 0.339. The smallest absolute Gasteiger partial charge is 0.207 e. The van der Waals surface area contributed by atoms with Crippen molar-refractivity contribution < 1.29 is 13.2 Å². The molecule has 0 aromatic heterocycles. The average Bonchev–Trinajstić information content (AvgIpc) is 2.39. The fourth-order valence-corrected chi connectivity index (χ4v) is 3.58. The van der Waals surface area contributed by atoms with Crippen molar-refractivity contribution in [2.24, 2.45) is 0 Å². The van der Waals surface area contributed by atoms with Gasteiger partial charge in [-0.25, -0.2) is 8.42 Å². The standard InChI is InChI=1S/C11H15NO3S/c1-2-15-11-7-8-12-9-5-3-4-6-10(9)16(11,13)14/h3-6,11-12H,2,7-8H2,1H3. The molecule has 0 amide bonds. The number of ether oxygens (including phenoxy) is 1. The van der Waals surface area contributed by atoms with E-state index in [4.69, 9.17) is 4.74 Å². The molecular weight excluding hydrogens is 226 g/mol. The van der Waals surface area contributed by atoms with Crippen LogP contribution in [0.5, 0.6) is 0 Å². The Bertz CT molecular complexity index is 470. The zero-order valence-corrected chi connectivity index (χ0v) is 9.96. The van der Waals surface area contributed by atoms with Crippen LogP contribution in [0.3, 0.4) is 0 Å². The van der Waals surface area contributed by atoms with E-state index in [0.717, 1.165) is 0 Å². The van der Waals surface area contributed by atoms with Crippen molar-refractivity contribution in [3.05, 3.63) is 24.3 Å². The Labute approximate surface area is 95.5 Å². The number of nitrogens with one attached hydrogen (secondary N) is 1. The van der Waals surface area contributed by atoms with Crippen LogP contribution >= 0.6 is 0 Å². The van der Waals surface area contributed by atoms with Gasteiger partial charge >= 0.3 is 0 Å². The van der Waals surface area contributed by atoms with Gasteiger partial charge in [-0.2, -0.15) is 0 Å². The molecule has 1 atom stereocenters. The zero-order valence-electron chi connectivity index (χ0n) is 9.14. The molecule has 0 fully saturated rings. The third kappa shape index (κ3) is 1.92. The van der Waals surface area contributed by atoms with Gasteiger partial charge < -0.3 is 10.1 Å². The topological polar surface area (TPSA) is 55.4 Å². The van der Waals surface area contributed by atoms with Crippen LogP contribution in [-0.2, 0) is 14.6 Å². The van der Waals surface area contributed by atoms with E-state index in [9.17, 15) is 8.42 Å². The molecule has 0 bridgehead atoms. The van der Waals surface area contributed by atoms with E-state index in [1.54, 1.807) is 25.1 Å². The van der Waals surface area contributed by atoms with Gasteiger partial charge in [0.25, 0.3) is 0 Å². The van der Waals surface area contributed by atoms with E-state index in [1.165, 1.54) is 0 Å². The summed E-state index contributed by atoms with van der Waals surface area (Å²) in [5.41, 5.74) is -0.0571. The van der Waals surface area contributed by atoms with Crippen LogP contribution in [0, 0.1) is 0 Å². The minimum Gasteiger partial charge on any atom is -0.384 e. The van der Waals surface area contributed by atoms with E-state index in [1.807, 2.05) is 6.07 Å². The van der Waals surface area contributed by atoms with E-state index in [-0.39, 0.29) is 0 Å². The molecule has 1 heterocycles. The number of benzene rings is 1. The van der Waals surface area contributed by atoms with Crippen LogP contribution in [0.2, 0.25) is 0 Å². The first-order valence-corrected chi connectivity index (χ1v) is 6.89. The molecule has 0 saturated carbocycles. The van der Waals surface area contributed by atoms with Crippen LogP contribution in [0.4, 0.5) is 5.69 Å². The number of sulfone groups is 1. The molecule has 0 aliphatic carbocycles. The number of rotatable bonds is 2.